The molecule has 122 valence electrons. The predicted molar refractivity (Wildman–Crippen MR) is 88.9 cm³/mol. The Morgan fingerprint density at radius 3 is 2.61 bits per heavy atom. The molecule has 2 aromatic heterocycles. The first-order valence-electron chi connectivity index (χ1n) is 7.20. The average Bonchev–Trinajstić information content (AvgIpc) is 2.49. The van der Waals surface area contributed by atoms with Crippen LogP contribution in [0.15, 0.2) is 24.7 Å². The fraction of sp³-hybridized carbons (Fsp3) is 0.333. The van der Waals surface area contributed by atoms with Gasteiger partial charge in [0.25, 0.3) is 0 Å². The third-order valence-corrected chi connectivity index (χ3v) is 4.24. The van der Waals surface area contributed by atoms with Gasteiger partial charge < -0.3 is 9.50 Å². The van der Waals surface area contributed by atoms with Crippen LogP contribution >= 0.6 is 11.6 Å². The van der Waals surface area contributed by atoms with Gasteiger partial charge in [-0.25, -0.2) is 4.98 Å². The van der Waals surface area contributed by atoms with Gasteiger partial charge in [0.1, 0.15) is 0 Å². The number of halogens is 1. The Hall–Kier alpha value is -1.86. The first-order chi connectivity index (χ1) is 10.9. The number of fused-ring (bicyclic) bond motifs is 1. The Labute approximate surface area is 140 Å². The van der Waals surface area contributed by atoms with Gasteiger partial charge in [0.05, 0.1) is 35.0 Å². The maximum Gasteiger partial charge on any atom is 0.307 e. The molecule has 0 bridgehead atoms. The molecule has 0 saturated carbocycles. The lowest BCUT2D eigenvalue weighted by Crippen LogP contribution is -2.14. The molecule has 1 aliphatic rings. The molecule has 0 radical (unpaired) electrons. The molecule has 0 fully saturated rings. The zero-order valence-corrected chi connectivity index (χ0v) is 14.1. The standard InChI is InChI=1S/C15H16ClN3O3S/c1-23(20,21)22-15-13-5-3-2-4-12(13)14(9-18-15)19-11-6-10(16)7-17-8-11/h6-9,19H,2-5H2,1H3. The highest BCUT2D eigenvalue weighted by Crippen LogP contribution is 2.35. The van der Waals surface area contributed by atoms with Crippen molar-refractivity contribution in [1.29, 1.82) is 0 Å². The van der Waals surface area contributed by atoms with Crippen LogP contribution in [0.5, 0.6) is 5.88 Å². The summed E-state index contributed by atoms with van der Waals surface area (Å²) in [7, 11) is -3.60. The monoisotopic (exact) mass is 353 g/mol. The Bertz CT molecular complexity index is 840. The van der Waals surface area contributed by atoms with E-state index in [9.17, 15) is 8.42 Å². The lowest BCUT2D eigenvalue weighted by Gasteiger charge is -2.21. The summed E-state index contributed by atoms with van der Waals surface area (Å²) < 4.78 is 27.8. The van der Waals surface area contributed by atoms with E-state index in [4.69, 9.17) is 15.8 Å². The number of anilines is 2. The SMILES string of the molecule is CS(=O)(=O)Oc1ncc(Nc2cncc(Cl)c2)c2c1CCCC2. The molecule has 0 atom stereocenters. The Kier molecular flexibility index (Phi) is 4.41. The summed E-state index contributed by atoms with van der Waals surface area (Å²) in [4.78, 5) is 8.22. The van der Waals surface area contributed by atoms with Crippen LogP contribution in [0.25, 0.3) is 0 Å². The first kappa shape index (κ1) is 16.0. The minimum Gasteiger partial charge on any atom is -0.362 e. The third-order valence-electron chi connectivity index (χ3n) is 3.58. The summed E-state index contributed by atoms with van der Waals surface area (Å²) in [6.07, 6.45) is 9.45. The maximum atomic E-state index is 11.4. The average molecular weight is 354 g/mol. The van der Waals surface area contributed by atoms with Crippen LogP contribution in [-0.4, -0.2) is 24.6 Å². The largest absolute Gasteiger partial charge is 0.362 e. The maximum absolute atomic E-state index is 11.4. The second kappa shape index (κ2) is 6.33. The fourth-order valence-corrected chi connectivity index (χ4v) is 3.28. The van der Waals surface area contributed by atoms with E-state index in [2.05, 4.69) is 15.3 Å². The van der Waals surface area contributed by atoms with Crippen molar-refractivity contribution < 1.29 is 12.6 Å². The van der Waals surface area contributed by atoms with E-state index in [0.717, 1.165) is 54.4 Å². The summed E-state index contributed by atoms with van der Waals surface area (Å²) in [6, 6.07) is 1.77. The third kappa shape index (κ3) is 3.92. The van der Waals surface area contributed by atoms with Crippen molar-refractivity contribution in [2.24, 2.45) is 0 Å². The van der Waals surface area contributed by atoms with Crippen LogP contribution in [0.1, 0.15) is 24.0 Å². The van der Waals surface area contributed by atoms with Gasteiger partial charge in [0, 0.05) is 11.8 Å². The number of nitrogens with one attached hydrogen (secondary N) is 1. The van der Waals surface area contributed by atoms with Crippen molar-refractivity contribution in [3.05, 3.63) is 40.8 Å². The normalized spacial score (nSPS) is 14.2. The summed E-state index contributed by atoms with van der Waals surface area (Å²) in [6.45, 7) is 0. The predicted octanol–water partition coefficient (Wildman–Crippen LogP) is 3.09. The molecule has 1 aliphatic carbocycles. The van der Waals surface area contributed by atoms with Crippen molar-refractivity contribution in [1.82, 2.24) is 9.97 Å². The Morgan fingerprint density at radius 2 is 1.91 bits per heavy atom. The molecule has 2 heterocycles. The molecule has 8 heteroatoms. The van der Waals surface area contributed by atoms with Crippen molar-refractivity contribution in [2.45, 2.75) is 25.7 Å². The van der Waals surface area contributed by atoms with Gasteiger partial charge >= 0.3 is 10.1 Å². The van der Waals surface area contributed by atoms with E-state index in [1.165, 1.54) is 0 Å². The van der Waals surface area contributed by atoms with Crippen molar-refractivity contribution in [2.75, 3.05) is 11.6 Å². The van der Waals surface area contributed by atoms with Crippen molar-refractivity contribution >= 4 is 33.1 Å². The highest BCUT2D eigenvalue weighted by Gasteiger charge is 2.21. The topological polar surface area (TPSA) is 81.2 Å². The van der Waals surface area contributed by atoms with Crippen LogP contribution in [0.3, 0.4) is 0 Å². The molecule has 6 nitrogen and oxygen atoms in total. The Balaban J connectivity index is 1.99. The van der Waals surface area contributed by atoms with Crippen LogP contribution in [0.4, 0.5) is 11.4 Å². The van der Waals surface area contributed by atoms with Gasteiger partial charge in [0.2, 0.25) is 5.88 Å². The van der Waals surface area contributed by atoms with Gasteiger partial charge in [-0.15, -0.1) is 0 Å². The smallest absolute Gasteiger partial charge is 0.307 e. The minimum atomic E-state index is -3.60. The number of hydrogen-bond acceptors (Lipinski definition) is 6. The molecule has 0 amide bonds. The van der Waals surface area contributed by atoms with E-state index in [1.807, 2.05) is 0 Å². The molecular formula is C15H16ClN3O3S. The molecule has 1 N–H and O–H groups in total. The van der Waals surface area contributed by atoms with Crippen LogP contribution in [0.2, 0.25) is 5.02 Å². The molecule has 23 heavy (non-hydrogen) atoms. The summed E-state index contributed by atoms with van der Waals surface area (Å²) in [5.41, 5.74) is 3.46. The molecule has 0 spiro atoms. The van der Waals surface area contributed by atoms with Gasteiger partial charge in [-0.05, 0) is 37.3 Å². The quantitative estimate of drug-likeness (QED) is 0.850. The Morgan fingerprint density at radius 1 is 1.17 bits per heavy atom. The van der Waals surface area contributed by atoms with Crippen LogP contribution in [-0.2, 0) is 23.0 Å². The number of pyridine rings is 2. The van der Waals surface area contributed by atoms with E-state index >= 15 is 0 Å². The van der Waals surface area contributed by atoms with E-state index in [1.54, 1.807) is 24.7 Å². The zero-order valence-electron chi connectivity index (χ0n) is 12.5. The molecule has 3 rings (SSSR count). The lowest BCUT2D eigenvalue weighted by atomic mass is 9.91. The van der Waals surface area contributed by atoms with Gasteiger partial charge in [-0.1, -0.05) is 11.6 Å². The molecule has 2 aromatic rings. The lowest BCUT2D eigenvalue weighted by molar-refractivity contribution is 0.475. The van der Waals surface area contributed by atoms with Crippen molar-refractivity contribution in [3.8, 4) is 5.88 Å². The van der Waals surface area contributed by atoms with Gasteiger partial charge in [-0.3, -0.25) is 4.98 Å². The summed E-state index contributed by atoms with van der Waals surface area (Å²) in [5, 5.41) is 3.78. The molecule has 0 saturated heterocycles. The number of hydrogen-bond donors (Lipinski definition) is 1. The molecule has 0 aromatic carbocycles. The van der Waals surface area contributed by atoms with Gasteiger partial charge in [-0.2, -0.15) is 8.42 Å². The van der Waals surface area contributed by atoms with Crippen LogP contribution in [0, 0.1) is 0 Å². The number of rotatable bonds is 4. The molecular weight excluding hydrogens is 338 g/mol. The second-order valence-corrected chi connectivity index (χ2v) is 7.46. The second-order valence-electron chi connectivity index (χ2n) is 5.45. The van der Waals surface area contributed by atoms with E-state index < -0.39 is 10.1 Å². The fourth-order valence-electron chi connectivity index (χ4n) is 2.68. The molecule has 0 aliphatic heterocycles. The summed E-state index contributed by atoms with van der Waals surface area (Å²) in [5.74, 6) is 0.178. The van der Waals surface area contributed by atoms with Gasteiger partial charge in [0.15, 0.2) is 0 Å². The first-order valence-corrected chi connectivity index (χ1v) is 9.39. The highest BCUT2D eigenvalue weighted by molar-refractivity contribution is 7.86. The van der Waals surface area contributed by atoms with Crippen molar-refractivity contribution in [3.63, 3.8) is 0 Å². The van der Waals surface area contributed by atoms with E-state index in [-0.39, 0.29) is 5.88 Å². The number of nitrogens with zero attached hydrogens (tertiary/aromatic N) is 2. The summed E-state index contributed by atoms with van der Waals surface area (Å²) >= 11 is 5.95. The molecule has 0 unspecified atom stereocenters. The highest BCUT2D eigenvalue weighted by atomic mass is 35.5. The minimum absolute atomic E-state index is 0.178. The number of aromatic nitrogens is 2. The van der Waals surface area contributed by atoms with Crippen LogP contribution < -0.4 is 9.50 Å². The zero-order chi connectivity index (χ0) is 16.4. The van der Waals surface area contributed by atoms with E-state index in [0.29, 0.717) is 5.02 Å².